The van der Waals surface area contributed by atoms with E-state index in [1.807, 2.05) is 18.9 Å². The SMILES string of the molecule is COc1cc(OC)c(N[C@@H](C)C(=O)N(C)C2CCCCC2)cc1Cl. The summed E-state index contributed by atoms with van der Waals surface area (Å²) < 4.78 is 10.6. The maximum absolute atomic E-state index is 12.7. The van der Waals surface area contributed by atoms with Crippen molar-refractivity contribution in [2.75, 3.05) is 26.6 Å². The molecule has 0 aromatic heterocycles. The van der Waals surface area contributed by atoms with Crippen molar-refractivity contribution in [2.24, 2.45) is 0 Å². The number of hydrogen-bond donors (Lipinski definition) is 1. The Morgan fingerprint density at radius 3 is 2.42 bits per heavy atom. The van der Waals surface area contributed by atoms with Crippen molar-refractivity contribution < 1.29 is 14.3 Å². The Labute approximate surface area is 149 Å². The Balaban J connectivity index is 2.09. The zero-order valence-electron chi connectivity index (χ0n) is 14.9. The van der Waals surface area contributed by atoms with Gasteiger partial charge in [0.05, 0.1) is 24.9 Å². The first kappa shape index (κ1) is 18.7. The topological polar surface area (TPSA) is 50.8 Å². The molecule has 1 aliphatic carbocycles. The number of likely N-dealkylation sites (N-methyl/N-ethyl adjacent to an activating group) is 1. The second kappa shape index (κ2) is 8.47. The van der Waals surface area contributed by atoms with E-state index in [1.54, 1.807) is 26.4 Å². The molecule has 1 N–H and O–H groups in total. The maximum Gasteiger partial charge on any atom is 0.244 e. The van der Waals surface area contributed by atoms with Crippen LogP contribution in [0.15, 0.2) is 12.1 Å². The van der Waals surface area contributed by atoms with Crippen LogP contribution in [0, 0.1) is 0 Å². The molecule has 24 heavy (non-hydrogen) atoms. The van der Waals surface area contributed by atoms with Crippen LogP contribution in [0.3, 0.4) is 0 Å². The molecule has 1 saturated carbocycles. The summed E-state index contributed by atoms with van der Waals surface area (Å²) in [6.07, 6.45) is 5.85. The highest BCUT2D eigenvalue weighted by Crippen LogP contribution is 2.36. The summed E-state index contributed by atoms with van der Waals surface area (Å²) in [5.74, 6) is 1.21. The van der Waals surface area contributed by atoms with E-state index in [9.17, 15) is 4.79 Å². The molecule has 0 aliphatic heterocycles. The first-order chi connectivity index (χ1) is 11.5. The molecular weight excluding hydrogens is 328 g/mol. The molecule has 1 aromatic carbocycles. The number of hydrogen-bond acceptors (Lipinski definition) is 4. The van der Waals surface area contributed by atoms with Crippen LogP contribution in [-0.4, -0.2) is 44.2 Å². The van der Waals surface area contributed by atoms with E-state index in [0.717, 1.165) is 12.8 Å². The van der Waals surface area contributed by atoms with Crippen LogP contribution in [0.5, 0.6) is 11.5 Å². The summed E-state index contributed by atoms with van der Waals surface area (Å²) in [6.45, 7) is 1.86. The molecule has 0 radical (unpaired) electrons. The molecular formula is C18H27ClN2O3. The van der Waals surface area contributed by atoms with Crippen molar-refractivity contribution in [1.29, 1.82) is 0 Å². The average molecular weight is 355 g/mol. The molecule has 0 heterocycles. The van der Waals surface area contributed by atoms with Crippen LogP contribution >= 0.6 is 11.6 Å². The van der Waals surface area contributed by atoms with Crippen LogP contribution in [0.2, 0.25) is 5.02 Å². The van der Waals surface area contributed by atoms with E-state index in [2.05, 4.69) is 5.32 Å². The van der Waals surface area contributed by atoms with Gasteiger partial charge in [-0.3, -0.25) is 4.79 Å². The number of anilines is 1. The fourth-order valence-electron chi connectivity index (χ4n) is 3.22. The summed E-state index contributed by atoms with van der Waals surface area (Å²) in [5, 5.41) is 3.69. The summed E-state index contributed by atoms with van der Waals surface area (Å²) in [4.78, 5) is 14.6. The van der Waals surface area contributed by atoms with Gasteiger partial charge >= 0.3 is 0 Å². The lowest BCUT2D eigenvalue weighted by molar-refractivity contribution is -0.133. The van der Waals surface area contributed by atoms with E-state index < -0.39 is 0 Å². The van der Waals surface area contributed by atoms with Gasteiger partial charge in [-0.15, -0.1) is 0 Å². The number of carbonyl (C=O) groups is 1. The number of methoxy groups -OCH3 is 2. The van der Waals surface area contributed by atoms with E-state index in [4.69, 9.17) is 21.1 Å². The van der Waals surface area contributed by atoms with Gasteiger partial charge in [-0.1, -0.05) is 30.9 Å². The number of carbonyl (C=O) groups excluding carboxylic acids is 1. The van der Waals surface area contributed by atoms with Crippen LogP contribution < -0.4 is 14.8 Å². The van der Waals surface area contributed by atoms with Crippen LogP contribution in [0.1, 0.15) is 39.0 Å². The lowest BCUT2D eigenvalue weighted by atomic mass is 9.94. The molecule has 0 saturated heterocycles. The first-order valence-corrected chi connectivity index (χ1v) is 8.80. The van der Waals surface area contributed by atoms with Gasteiger partial charge in [0.1, 0.15) is 17.5 Å². The van der Waals surface area contributed by atoms with E-state index in [0.29, 0.717) is 28.3 Å². The van der Waals surface area contributed by atoms with Crippen LogP contribution in [0.25, 0.3) is 0 Å². The summed E-state index contributed by atoms with van der Waals surface area (Å²) in [7, 11) is 5.03. The number of nitrogens with zero attached hydrogens (tertiary/aromatic N) is 1. The molecule has 1 amide bonds. The first-order valence-electron chi connectivity index (χ1n) is 8.42. The van der Waals surface area contributed by atoms with Gasteiger partial charge in [0.25, 0.3) is 0 Å². The molecule has 1 atom stereocenters. The van der Waals surface area contributed by atoms with Crippen molar-refractivity contribution in [1.82, 2.24) is 4.90 Å². The quantitative estimate of drug-likeness (QED) is 0.840. The van der Waals surface area contributed by atoms with Gasteiger partial charge in [-0.05, 0) is 25.8 Å². The van der Waals surface area contributed by atoms with Gasteiger partial charge in [-0.25, -0.2) is 0 Å². The van der Waals surface area contributed by atoms with E-state index >= 15 is 0 Å². The highest BCUT2D eigenvalue weighted by molar-refractivity contribution is 6.32. The Bertz CT molecular complexity index is 574. The lowest BCUT2D eigenvalue weighted by Crippen LogP contribution is -2.45. The zero-order valence-corrected chi connectivity index (χ0v) is 15.7. The summed E-state index contributed by atoms with van der Waals surface area (Å²) in [6, 6.07) is 3.42. The van der Waals surface area contributed by atoms with E-state index in [1.165, 1.54) is 19.3 Å². The number of halogens is 1. The van der Waals surface area contributed by atoms with Crippen LogP contribution in [0.4, 0.5) is 5.69 Å². The van der Waals surface area contributed by atoms with Gasteiger partial charge in [0, 0.05) is 19.2 Å². The summed E-state index contributed by atoms with van der Waals surface area (Å²) in [5.41, 5.74) is 0.682. The zero-order chi connectivity index (χ0) is 17.7. The minimum atomic E-state index is -0.365. The molecule has 1 fully saturated rings. The summed E-state index contributed by atoms with van der Waals surface area (Å²) >= 11 is 6.19. The van der Waals surface area contributed by atoms with Crippen molar-refractivity contribution in [2.45, 2.75) is 51.1 Å². The molecule has 0 bridgehead atoms. The number of benzene rings is 1. The lowest BCUT2D eigenvalue weighted by Gasteiger charge is -2.33. The van der Waals surface area contributed by atoms with Crippen molar-refractivity contribution >= 4 is 23.2 Å². The fraction of sp³-hybridized carbons (Fsp3) is 0.611. The average Bonchev–Trinajstić information content (AvgIpc) is 2.61. The highest BCUT2D eigenvalue weighted by Gasteiger charge is 2.26. The predicted molar refractivity (Wildman–Crippen MR) is 97.3 cm³/mol. The predicted octanol–water partition coefficient (Wildman–Crippen LogP) is 3.95. The third-order valence-corrected chi connectivity index (χ3v) is 4.98. The minimum Gasteiger partial charge on any atom is -0.495 e. The molecule has 6 heteroatoms. The third kappa shape index (κ3) is 4.26. The van der Waals surface area contributed by atoms with Gasteiger partial charge in [0.2, 0.25) is 5.91 Å². The molecule has 1 aliphatic rings. The van der Waals surface area contributed by atoms with Crippen molar-refractivity contribution in [3.8, 4) is 11.5 Å². The standard InChI is InChI=1S/C18H27ClN2O3/c1-12(18(22)21(2)13-8-6-5-7-9-13)20-15-10-14(19)16(23-3)11-17(15)24-4/h10-13,20H,5-9H2,1-4H3/t12-/m0/s1. The van der Waals surface area contributed by atoms with Gasteiger partial charge < -0.3 is 19.7 Å². The molecule has 2 rings (SSSR count). The number of amides is 1. The van der Waals surface area contributed by atoms with Gasteiger partial charge in [-0.2, -0.15) is 0 Å². The Morgan fingerprint density at radius 2 is 1.83 bits per heavy atom. The number of ether oxygens (including phenoxy) is 2. The molecule has 134 valence electrons. The second-order valence-corrected chi connectivity index (χ2v) is 6.70. The monoisotopic (exact) mass is 354 g/mol. The third-order valence-electron chi connectivity index (χ3n) is 4.69. The fourth-order valence-corrected chi connectivity index (χ4v) is 3.46. The molecule has 0 unspecified atom stereocenters. The van der Waals surface area contributed by atoms with Gasteiger partial charge in [0.15, 0.2) is 0 Å². The normalized spacial score (nSPS) is 16.4. The van der Waals surface area contributed by atoms with Crippen LogP contribution in [-0.2, 0) is 4.79 Å². The number of rotatable bonds is 6. The largest absolute Gasteiger partial charge is 0.495 e. The Hall–Kier alpha value is -1.62. The molecule has 5 nitrogen and oxygen atoms in total. The molecule has 1 aromatic rings. The Morgan fingerprint density at radius 1 is 1.21 bits per heavy atom. The van der Waals surface area contributed by atoms with E-state index in [-0.39, 0.29) is 11.9 Å². The van der Waals surface area contributed by atoms with Crippen molar-refractivity contribution in [3.05, 3.63) is 17.2 Å². The smallest absolute Gasteiger partial charge is 0.244 e. The van der Waals surface area contributed by atoms with Crippen molar-refractivity contribution in [3.63, 3.8) is 0 Å². The molecule has 0 spiro atoms. The minimum absolute atomic E-state index is 0.0795. The second-order valence-electron chi connectivity index (χ2n) is 6.29. The Kier molecular flexibility index (Phi) is 6.60. The highest BCUT2D eigenvalue weighted by atomic mass is 35.5. The maximum atomic E-state index is 12.7. The number of nitrogens with one attached hydrogen (secondary N) is 1.